The van der Waals surface area contributed by atoms with Gasteiger partial charge in [-0.1, -0.05) is 71.0 Å². The van der Waals surface area contributed by atoms with Gasteiger partial charge in [0, 0.05) is 35.7 Å². The van der Waals surface area contributed by atoms with Crippen molar-refractivity contribution in [1.82, 2.24) is 9.80 Å². The van der Waals surface area contributed by atoms with Crippen molar-refractivity contribution in [2.24, 2.45) is 28.7 Å². The average molecular weight is 712 g/mol. The fourth-order valence-electron chi connectivity index (χ4n) is 9.24. The quantitative estimate of drug-likeness (QED) is 0.359. The van der Waals surface area contributed by atoms with Crippen LogP contribution in [0.3, 0.4) is 0 Å². The van der Waals surface area contributed by atoms with Crippen LogP contribution in [0.4, 0.5) is 4.79 Å². The van der Waals surface area contributed by atoms with Gasteiger partial charge < -0.3 is 33.7 Å². The standard InChI is InChI=1S/C40H61N3O8/c1-23(2)34-40(9)33-28(7)31(41-17-18-43(33)38(46)51-40)26(5)21-39(8,47-22-29-15-13-12-14-16-29)35(24(3)19-25(4)36(45)49-34)50-37-32(44)30(42(10)11)20-27(6)48-37/h12-16,19,23-24,26-28,30,32-35,37,44H,17-18,20-22H2,1-11H3/t24-,26+,27-,28-,30+,32?,33+,34+,35+,37+,39-,40-/m0/s1. The molecule has 1 aromatic rings. The normalized spacial score (nSPS) is 39.5. The molecule has 4 aliphatic rings. The number of fused-ring (bicyclic) bond motifs is 1. The Hall–Kier alpha value is -2.83. The second-order valence-electron chi connectivity index (χ2n) is 16.4. The molecular weight excluding hydrogens is 650 g/mol. The van der Waals surface area contributed by atoms with E-state index in [2.05, 4.69) is 20.8 Å². The summed E-state index contributed by atoms with van der Waals surface area (Å²) in [5.74, 6) is -1.32. The summed E-state index contributed by atoms with van der Waals surface area (Å²) in [6.07, 6.45) is -0.729. The third-order valence-electron chi connectivity index (χ3n) is 11.5. The van der Waals surface area contributed by atoms with Crippen LogP contribution in [-0.2, 0) is 35.1 Å². The molecule has 1 aromatic carbocycles. The van der Waals surface area contributed by atoms with Crippen LogP contribution in [0.2, 0.25) is 0 Å². The summed E-state index contributed by atoms with van der Waals surface area (Å²) < 4.78 is 32.8. The van der Waals surface area contributed by atoms with E-state index in [4.69, 9.17) is 28.7 Å². The highest BCUT2D eigenvalue weighted by Crippen LogP contribution is 2.44. The average Bonchev–Trinajstić information content (AvgIpc) is 3.19. The predicted molar refractivity (Wildman–Crippen MR) is 195 cm³/mol. The van der Waals surface area contributed by atoms with Crippen LogP contribution in [0.25, 0.3) is 0 Å². The highest BCUT2D eigenvalue weighted by Gasteiger charge is 2.61. The molecule has 11 heteroatoms. The molecule has 0 radical (unpaired) electrons. The molecule has 5 rings (SSSR count). The van der Waals surface area contributed by atoms with Gasteiger partial charge in [-0.3, -0.25) is 9.89 Å². The van der Waals surface area contributed by atoms with Crippen LogP contribution in [0.1, 0.15) is 80.7 Å². The summed E-state index contributed by atoms with van der Waals surface area (Å²) in [5.41, 5.74) is 0.310. The lowest BCUT2D eigenvalue weighted by Gasteiger charge is -2.47. The van der Waals surface area contributed by atoms with Gasteiger partial charge in [-0.2, -0.15) is 0 Å². The van der Waals surface area contributed by atoms with Crippen LogP contribution in [0.15, 0.2) is 47.0 Å². The van der Waals surface area contributed by atoms with Crippen LogP contribution in [0, 0.1) is 23.7 Å². The second-order valence-corrected chi connectivity index (χ2v) is 16.4. The van der Waals surface area contributed by atoms with Crippen LogP contribution in [-0.4, -0.2) is 114 Å². The van der Waals surface area contributed by atoms with E-state index in [1.54, 1.807) is 11.8 Å². The highest BCUT2D eigenvalue weighted by molar-refractivity contribution is 5.91. The Kier molecular flexibility index (Phi) is 12.1. The number of aliphatic hydroxyl groups is 1. The summed E-state index contributed by atoms with van der Waals surface area (Å²) in [7, 11) is 3.90. The van der Waals surface area contributed by atoms with Crippen molar-refractivity contribution in [3.05, 3.63) is 47.5 Å². The Bertz CT molecular complexity index is 1450. The van der Waals surface area contributed by atoms with Crippen molar-refractivity contribution >= 4 is 17.8 Å². The number of rotatable bonds is 7. The summed E-state index contributed by atoms with van der Waals surface area (Å²) in [6, 6.07) is 9.44. The first-order valence-corrected chi connectivity index (χ1v) is 18.7. The van der Waals surface area contributed by atoms with Crippen molar-refractivity contribution in [3.8, 4) is 0 Å². The molecule has 11 nitrogen and oxygen atoms in total. The molecule has 0 aromatic heterocycles. The maximum atomic E-state index is 14.0. The molecule has 0 spiro atoms. The van der Waals surface area contributed by atoms with Gasteiger partial charge in [0.1, 0.15) is 12.2 Å². The molecule has 1 unspecified atom stereocenters. The van der Waals surface area contributed by atoms with Crippen LogP contribution >= 0.6 is 0 Å². The predicted octanol–water partition coefficient (Wildman–Crippen LogP) is 5.63. The first kappa shape index (κ1) is 39.4. The van der Waals surface area contributed by atoms with Gasteiger partial charge in [-0.25, -0.2) is 9.59 Å². The molecule has 284 valence electrons. The minimum Gasteiger partial charge on any atom is -0.454 e. The number of hydrogen-bond donors (Lipinski definition) is 1. The number of benzene rings is 1. The molecule has 1 amide bonds. The molecule has 0 saturated carbocycles. The number of nitrogens with zero attached hydrogens (tertiary/aromatic N) is 3. The molecule has 2 saturated heterocycles. The topological polar surface area (TPSA) is 119 Å². The zero-order valence-corrected chi connectivity index (χ0v) is 32.5. The fraction of sp³-hybridized carbons (Fsp3) is 0.725. The number of carbonyl (C=O) groups excluding carboxylic acids is 2. The molecule has 2 fully saturated rings. The third kappa shape index (κ3) is 8.08. The van der Waals surface area contributed by atoms with Crippen LogP contribution in [0.5, 0.6) is 0 Å². The summed E-state index contributed by atoms with van der Waals surface area (Å²) in [5, 5.41) is 11.6. The number of hydrogen-bond acceptors (Lipinski definition) is 10. The number of esters is 1. The maximum Gasteiger partial charge on any atom is 0.410 e. The first-order valence-electron chi connectivity index (χ1n) is 18.7. The molecule has 12 atom stereocenters. The summed E-state index contributed by atoms with van der Waals surface area (Å²) in [6.45, 7) is 19.1. The van der Waals surface area contributed by atoms with E-state index in [0.29, 0.717) is 38.1 Å². The molecule has 1 N–H and O–H groups in total. The number of ether oxygens (including phenoxy) is 5. The van der Waals surface area contributed by atoms with Crippen molar-refractivity contribution in [2.75, 3.05) is 27.2 Å². The van der Waals surface area contributed by atoms with E-state index in [-0.39, 0.29) is 35.8 Å². The first-order chi connectivity index (χ1) is 24.0. The van der Waals surface area contributed by atoms with Gasteiger partial charge in [0.25, 0.3) is 0 Å². The van der Waals surface area contributed by atoms with Gasteiger partial charge in [0.05, 0.1) is 37.0 Å². The molecule has 4 heterocycles. The Morgan fingerprint density at radius 3 is 2.43 bits per heavy atom. The summed E-state index contributed by atoms with van der Waals surface area (Å²) in [4.78, 5) is 36.4. The number of aliphatic imine (C=N–C) groups is 1. The minimum atomic E-state index is -1.10. The zero-order valence-electron chi connectivity index (χ0n) is 32.5. The third-order valence-corrected chi connectivity index (χ3v) is 11.5. The number of amides is 1. The van der Waals surface area contributed by atoms with Crippen molar-refractivity contribution in [3.63, 3.8) is 0 Å². The number of carbonyl (C=O) groups is 2. The van der Waals surface area contributed by atoms with E-state index in [9.17, 15) is 14.7 Å². The van der Waals surface area contributed by atoms with Gasteiger partial charge >= 0.3 is 12.1 Å². The van der Waals surface area contributed by atoms with E-state index in [0.717, 1.165) is 11.3 Å². The fourth-order valence-corrected chi connectivity index (χ4v) is 9.24. The number of cyclic esters (lactones) is 1. The highest BCUT2D eigenvalue weighted by atomic mass is 16.7. The molecule has 2 bridgehead atoms. The number of aliphatic hydroxyl groups excluding tert-OH is 1. The Balaban J connectivity index is 1.64. The van der Waals surface area contributed by atoms with E-state index < -0.39 is 53.9 Å². The van der Waals surface area contributed by atoms with Gasteiger partial charge in [-0.15, -0.1) is 0 Å². The Morgan fingerprint density at radius 1 is 1.10 bits per heavy atom. The van der Waals surface area contributed by atoms with Crippen molar-refractivity contribution < 1.29 is 38.4 Å². The lowest BCUT2D eigenvalue weighted by Crippen LogP contribution is -2.59. The zero-order chi connectivity index (χ0) is 37.4. The largest absolute Gasteiger partial charge is 0.454 e. The van der Waals surface area contributed by atoms with Gasteiger partial charge in [-0.05, 0) is 72.0 Å². The van der Waals surface area contributed by atoms with Gasteiger partial charge in [0.2, 0.25) is 0 Å². The second kappa shape index (κ2) is 15.6. The monoisotopic (exact) mass is 711 g/mol. The number of likely N-dealkylation sites (N-methyl/N-ethyl adjacent to an activating group) is 1. The minimum absolute atomic E-state index is 0.0994. The molecular formula is C40H61N3O8. The SMILES string of the molecule is CC1=C[C@H](C)[C@@H](O[C@H]2O[C@@H](C)C[C@@H](N(C)C)C2O)[C@@](C)(OCc2ccccc2)C[C@@H](C)C2=NCCN3C(=O)O[C@](C)([C@@H](C(C)C)OC1=O)[C@H]3[C@H]2C. The smallest absolute Gasteiger partial charge is 0.410 e. The molecule has 4 aliphatic heterocycles. The maximum absolute atomic E-state index is 14.0. The van der Waals surface area contributed by atoms with Crippen molar-refractivity contribution in [2.45, 2.75) is 136 Å². The Labute approximate surface area is 304 Å². The Morgan fingerprint density at radius 2 is 1.78 bits per heavy atom. The lowest BCUT2D eigenvalue weighted by atomic mass is 9.73. The van der Waals surface area contributed by atoms with Gasteiger partial charge in [0.15, 0.2) is 11.9 Å². The van der Waals surface area contributed by atoms with Crippen molar-refractivity contribution in [1.29, 1.82) is 0 Å². The summed E-state index contributed by atoms with van der Waals surface area (Å²) >= 11 is 0. The van der Waals surface area contributed by atoms with E-state index >= 15 is 0 Å². The lowest BCUT2D eigenvalue weighted by molar-refractivity contribution is -0.297. The van der Waals surface area contributed by atoms with E-state index in [1.165, 1.54) is 0 Å². The molecule has 0 aliphatic carbocycles. The van der Waals surface area contributed by atoms with Crippen LogP contribution < -0.4 is 0 Å². The van der Waals surface area contributed by atoms with E-state index in [1.807, 2.05) is 90.0 Å². The molecule has 51 heavy (non-hydrogen) atoms.